The second kappa shape index (κ2) is 3.03. The molecule has 0 saturated heterocycles. The Morgan fingerprint density at radius 2 is 2.09 bits per heavy atom. The number of hydrogen-bond acceptors (Lipinski definition) is 2. The van der Waals surface area contributed by atoms with Gasteiger partial charge in [-0.05, 0) is 12.1 Å². The van der Waals surface area contributed by atoms with Crippen molar-refractivity contribution in [1.29, 1.82) is 0 Å². The Labute approximate surface area is 64.2 Å². The fourth-order valence-corrected chi connectivity index (χ4v) is 0.807. The number of hydrogen-bond donors (Lipinski definition) is 2. The van der Waals surface area contributed by atoms with Crippen molar-refractivity contribution in [2.45, 2.75) is 0 Å². The van der Waals surface area contributed by atoms with Gasteiger partial charge in [0.05, 0.1) is 11.3 Å². The van der Waals surface area contributed by atoms with Crippen molar-refractivity contribution >= 4 is 11.6 Å². The maximum absolute atomic E-state index is 10.7. The van der Waals surface area contributed by atoms with Crippen LogP contribution in [0.25, 0.3) is 0 Å². The van der Waals surface area contributed by atoms with E-state index >= 15 is 0 Å². The second-order valence-electron chi connectivity index (χ2n) is 2.03. The first-order valence-corrected chi connectivity index (χ1v) is 3.07. The SMILES string of the molecule is [NH]Nc1ccccc1C(N)=O. The lowest BCUT2D eigenvalue weighted by atomic mass is 10.2. The Hall–Kier alpha value is -1.55. The minimum atomic E-state index is -0.527. The molecule has 1 amide bonds. The van der Waals surface area contributed by atoms with Crippen LogP contribution >= 0.6 is 0 Å². The summed E-state index contributed by atoms with van der Waals surface area (Å²) in [5.74, 6) is 6.29. The van der Waals surface area contributed by atoms with Gasteiger partial charge in [-0.1, -0.05) is 12.1 Å². The summed E-state index contributed by atoms with van der Waals surface area (Å²) in [5.41, 5.74) is 7.92. The molecule has 4 N–H and O–H groups in total. The van der Waals surface area contributed by atoms with Crippen LogP contribution in [-0.2, 0) is 0 Å². The molecule has 0 aliphatic rings. The van der Waals surface area contributed by atoms with E-state index < -0.39 is 5.91 Å². The van der Waals surface area contributed by atoms with Crippen molar-refractivity contribution < 1.29 is 4.79 Å². The maximum atomic E-state index is 10.7. The number of carbonyl (C=O) groups is 1. The molecule has 11 heavy (non-hydrogen) atoms. The molecular weight excluding hydrogens is 142 g/mol. The van der Waals surface area contributed by atoms with E-state index in [9.17, 15) is 4.79 Å². The number of rotatable bonds is 2. The summed E-state index contributed by atoms with van der Waals surface area (Å²) >= 11 is 0. The summed E-state index contributed by atoms with van der Waals surface area (Å²) < 4.78 is 0. The number of nitrogens with two attached hydrogens (primary N) is 1. The van der Waals surface area contributed by atoms with Crippen LogP contribution < -0.4 is 17.0 Å². The van der Waals surface area contributed by atoms with Crippen LogP contribution in [-0.4, -0.2) is 5.91 Å². The monoisotopic (exact) mass is 150 g/mol. The van der Waals surface area contributed by atoms with Gasteiger partial charge in [0.2, 0.25) is 0 Å². The molecular formula is C7H8N3O. The lowest BCUT2D eigenvalue weighted by molar-refractivity contribution is 0.100. The first kappa shape index (κ1) is 7.56. The van der Waals surface area contributed by atoms with E-state index in [-0.39, 0.29) is 0 Å². The van der Waals surface area contributed by atoms with Crippen molar-refractivity contribution in [3.8, 4) is 0 Å². The zero-order chi connectivity index (χ0) is 8.27. The van der Waals surface area contributed by atoms with E-state index in [2.05, 4.69) is 5.43 Å². The summed E-state index contributed by atoms with van der Waals surface area (Å²) in [4.78, 5) is 10.7. The normalized spacial score (nSPS) is 9.18. The van der Waals surface area contributed by atoms with E-state index in [1.165, 1.54) is 0 Å². The van der Waals surface area contributed by atoms with Crippen LogP contribution in [0, 0.1) is 0 Å². The van der Waals surface area contributed by atoms with Crippen LogP contribution in [0.4, 0.5) is 5.69 Å². The van der Waals surface area contributed by atoms with E-state index in [1.54, 1.807) is 24.3 Å². The predicted molar refractivity (Wildman–Crippen MR) is 41.7 cm³/mol. The number of nitrogens with one attached hydrogen (secondary N) is 2. The number of carbonyl (C=O) groups excluding carboxylic acids is 1. The number of para-hydroxylation sites is 1. The van der Waals surface area contributed by atoms with Gasteiger partial charge in [-0.2, -0.15) is 5.84 Å². The molecule has 4 heteroatoms. The number of benzene rings is 1. The van der Waals surface area contributed by atoms with Gasteiger partial charge in [-0.3, -0.25) is 4.79 Å². The van der Waals surface area contributed by atoms with Crippen molar-refractivity contribution in [2.24, 2.45) is 5.73 Å². The van der Waals surface area contributed by atoms with Gasteiger partial charge in [0.15, 0.2) is 0 Å². The zero-order valence-corrected chi connectivity index (χ0v) is 5.79. The van der Waals surface area contributed by atoms with E-state index in [0.717, 1.165) is 0 Å². The van der Waals surface area contributed by atoms with E-state index in [4.69, 9.17) is 11.6 Å². The molecule has 1 aromatic rings. The molecule has 0 aromatic heterocycles. The highest BCUT2D eigenvalue weighted by atomic mass is 16.1. The first-order chi connectivity index (χ1) is 5.25. The van der Waals surface area contributed by atoms with Crippen LogP contribution in [0.2, 0.25) is 0 Å². The van der Waals surface area contributed by atoms with Crippen LogP contribution in [0.1, 0.15) is 10.4 Å². The average molecular weight is 150 g/mol. The van der Waals surface area contributed by atoms with Gasteiger partial charge in [-0.15, -0.1) is 0 Å². The second-order valence-corrected chi connectivity index (χ2v) is 2.03. The van der Waals surface area contributed by atoms with Crippen molar-refractivity contribution in [1.82, 2.24) is 5.84 Å². The molecule has 57 valence electrons. The summed E-state index contributed by atoms with van der Waals surface area (Å²) in [7, 11) is 0. The third-order valence-corrected chi connectivity index (χ3v) is 1.33. The summed E-state index contributed by atoms with van der Waals surface area (Å²) in [6.45, 7) is 0. The average Bonchev–Trinajstić information content (AvgIpc) is 2.04. The summed E-state index contributed by atoms with van der Waals surface area (Å²) in [6, 6.07) is 6.61. The summed E-state index contributed by atoms with van der Waals surface area (Å²) in [6.07, 6.45) is 0. The number of anilines is 1. The topological polar surface area (TPSA) is 78.9 Å². The highest BCUT2D eigenvalue weighted by Gasteiger charge is 2.04. The molecule has 0 aliphatic heterocycles. The molecule has 1 aromatic carbocycles. The van der Waals surface area contributed by atoms with Crippen LogP contribution in [0.15, 0.2) is 24.3 Å². The highest BCUT2D eigenvalue weighted by Crippen LogP contribution is 2.11. The number of primary amides is 1. The Balaban J connectivity index is 3.12. The minimum absolute atomic E-state index is 0.336. The standard InChI is InChI=1S/C7H8N3O/c8-7(11)5-3-1-2-4-6(5)10-9/h1-4,9-10H,(H2,8,11). The van der Waals surface area contributed by atoms with Gasteiger partial charge >= 0.3 is 0 Å². The minimum Gasteiger partial charge on any atom is -0.366 e. The number of amides is 1. The largest absolute Gasteiger partial charge is 0.366 e. The Morgan fingerprint density at radius 1 is 1.45 bits per heavy atom. The Bertz CT molecular complexity index is 272. The van der Waals surface area contributed by atoms with Gasteiger partial charge in [0.25, 0.3) is 5.91 Å². The molecule has 0 heterocycles. The molecule has 0 bridgehead atoms. The van der Waals surface area contributed by atoms with Gasteiger partial charge in [0.1, 0.15) is 0 Å². The maximum Gasteiger partial charge on any atom is 0.250 e. The fourth-order valence-electron chi connectivity index (χ4n) is 0.807. The van der Waals surface area contributed by atoms with Crippen LogP contribution in [0.3, 0.4) is 0 Å². The quantitative estimate of drug-likeness (QED) is 0.598. The van der Waals surface area contributed by atoms with Crippen molar-refractivity contribution in [2.75, 3.05) is 5.43 Å². The van der Waals surface area contributed by atoms with Crippen molar-refractivity contribution in [3.05, 3.63) is 29.8 Å². The predicted octanol–water partition coefficient (Wildman–Crippen LogP) is 0.395. The third-order valence-electron chi connectivity index (χ3n) is 1.33. The molecule has 0 saturated carbocycles. The molecule has 0 aliphatic carbocycles. The van der Waals surface area contributed by atoms with E-state index in [1.807, 2.05) is 0 Å². The summed E-state index contributed by atoms with van der Waals surface area (Å²) in [5, 5.41) is 0. The molecule has 1 rings (SSSR count). The Kier molecular flexibility index (Phi) is 2.08. The van der Waals surface area contributed by atoms with Gasteiger partial charge < -0.3 is 11.2 Å². The van der Waals surface area contributed by atoms with Crippen molar-refractivity contribution in [3.63, 3.8) is 0 Å². The fraction of sp³-hybridized carbons (Fsp3) is 0. The van der Waals surface area contributed by atoms with Gasteiger partial charge in [-0.25, -0.2) is 0 Å². The highest BCUT2D eigenvalue weighted by molar-refractivity contribution is 5.98. The molecule has 4 nitrogen and oxygen atoms in total. The first-order valence-electron chi connectivity index (χ1n) is 3.07. The lowest BCUT2D eigenvalue weighted by Crippen LogP contribution is -2.13. The molecule has 0 atom stereocenters. The molecule has 0 unspecified atom stereocenters. The van der Waals surface area contributed by atoms with Crippen LogP contribution in [0.5, 0.6) is 0 Å². The zero-order valence-electron chi connectivity index (χ0n) is 5.79. The molecule has 1 radical (unpaired) electrons. The Morgan fingerprint density at radius 3 is 2.55 bits per heavy atom. The molecule has 0 spiro atoms. The van der Waals surface area contributed by atoms with E-state index in [0.29, 0.717) is 11.3 Å². The third kappa shape index (κ3) is 1.47. The smallest absolute Gasteiger partial charge is 0.250 e. The lowest BCUT2D eigenvalue weighted by Gasteiger charge is -2.02. The molecule has 0 fully saturated rings. The van der Waals surface area contributed by atoms with Gasteiger partial charge in [0, 0.05) is 0 Å².